The van der Waals surface area contributed by atoms with Gasteiger partial charge in [0.05, 0.1) is 6.61 Å². The summed E-state index contributed by atoms with van der Waals surface area (Å²) in [5.74, 6) is -2.48. The number of hydrogen-bond donors (Lipinski definition) is 4. The van der Waals surface area contributed by atoms with Gasteiger partial charge in [-0.05, 0) is 70.6 Å². The zero-order chi connectivity index (χ0) is 40.4. The Morgan fingerprint density at radius 3 is 1.64 bits per heavy atom. The SMILES string of the molecule is CC/C=C\C/C=C\C/C=C\CCCCCCCC(=O)OCC(COC1OC(C(=O)O)C(O)C(O)C1O)OC(=O)CCCCCCC/C=C\CCCCCCC. The second-order valence-electron chi connectivity index (χ2n) is 14.4. The molecular weight excluding hydrogens is 704 g/mol. The molecule has 1 heterocycles. The second-order valence-corrected chi connectivity index (χ2v) is 14.4. The maximum Gasteiger partial charge on any atom is 0.335 e. The minimum absolute atomic E-state index is 0.167. The first kappa shape index (κ1) is 50.2. The number of ether oxygens (including phenoxy) is 4. The summed E-state index contributed by atoms with van der Waals surface area (Å²) in [6.07, 6.45) is 30.2. The lowest BCUT2D eigenvalue weighted by molar-refractivity contribution is -0.298. The number of aliphatic hydroxyl groups excluding tert-OH is 3. The quantitative estimate of drug-likeness (QED) is 0.0280. The van der Waals surface area contributed by atoms with Gasteiger partial charge in [0.2, 0.25) is 0 Å². The molecule has 11 heteroatoms. The van der Waals surface area contributed by atoms with Crippen LogP contribution in [-0.2, 0) is 33.3 Å². The average molecular weight is 779 g/mol. The number of carbonyl (C=O) groups excluding carboxylic acids is 2. The zero-order valence-electron chi connectivity index (χ0n) is 33.9. The molecule has 0 aromatic carbocycles. The molecule has 0 aromatic rings. The van der Waals surface area contributed by atoms with E-state index in [9.17, 15) is 34.8 Å². The number of rotatable bonds is 34. The number of carboxylic acids is 1. The van der Waals surface area contributed by atoms with Crippen LogP contribution < -0.4 is 0 Å². The van der Waals surface area contributed by atoms with Crippen LogP contribution in [0.25, 0.3) is 0 Å². The van der Waals surface area contributed by atoms with Crippen molar-refractivity contribution in [3.8, 4) is 0 Å². The molecule has 1 aliphatic heterocycles. The first-order valence-corrected chi connectivity index (χ1v) is 21.2. The lowest BCUT2D eigenvalue weighted by Crippen LogP contribution is -2.60. The Hall–Kier alpha value is -2.83. The highest BCUT2D eigenvalue weighted by Gasteiger charge is 2.47. The predicted molar refractivity (Wildman–Crippen MR) is 215 cm³/mol. The summed E-state index contributed by atoms with van der Waals surface area (Å²) in [6.45, 7) is 3.65. The number of carbonyl (C=O) groups is 3. The molecule has 0 spiro atoms. The van der Waals surface area contributed by atoms with E-state index in [1.807, 2.05) is 0 Å². The molecule has 0 aromatic heterocycles. The highest BCUT2D eigenvalue weighted by atomic mass is 16.7. The Balaban J connectivity index is 2.42. The van der Waals surface area contributed by atoms with E-state index in [0.29, 0.717) is 12.8 Å². The van der Waals surface area contributed by atoms with Gasteiger partial charge in [-0.3, -0.25) is 9.59 Å². The van der Waals surface area contributed by atoms with Crippen molar-refractivity contribution in [2.24, 2.45) is 0 Å². The molecule has 11 nitrogen and oxygen atoms in total. The van der Waals surface area contributed by atoms with Gasteiger partial charge in [-0.25, -0.2) is 4.79 Å². The molecule has 316 valence electrons. The average Bonchev–Trinajstić information content (AvgIpc) is 3.17. The topological polar surface area (TPSA) is 169 Å². The summed E-state index contributed by atoms with van der Waals surface area (Å²) in [7, 11) is 0. The Morgan fingerprint density at radius 1 is 0.582 bits per heavy atom. The van der Waals surface area contributed by atoms with Crippen molar-refractivity contribution in [2.75, 3.05) is 13.2 Å². The van der Waals surface area contributed by atoms with Crippen LogP contribution in [0.5, 0.6) is 0 Å². The van der Waals surface area contributed by atoms with Crippen molar-refractivity contribution >= 4 is 17.9 Å². The van der Waals surface area contributed by atoms with Crippen molar-refractivity contribution < 1.29 is 53.8 Å². The van der Waals surface area contributed by atoms with Crippen LogP contribution in [-0.4, -0.2) is 88.4 Å². The standard InChI is InChI=1S/C44H74O11/c1-3-5-7-9-11-13-15-17-19-21-22-24-26-28-30-32-37(45)52-34-36(35-53-44-41(49)39(47)40(48)42(55-44)43(50)51)54-38(46)33-31-29-27-25-23-20-18-16-14-12-10-8-6-4-2/h5,7,11,13,16-19,36,39-42,44,47-49H,3-4,6,8-10,12,14-15,20-35H2,1-2H3,(H,50,51)/b7-5-,13-11-,18-16-,19-17-. The molecule has 0 saturated carbocycles. The fraction of sp³-hybridized carbons (Fsp3) is 0.750. The van der Waals surface area contributed by atoms with Crippen molar-refractivity contribution in [3.63, 3.8) is 0 Å². The van der Waals surface area contributed by atoms with Crippen molar-refractivity contribution in [1.29, 1.82) is 0 Å². The maximum absolute atomic E-state index is 12.7. The molecule has 1 saturated heterocycles. The van der Waals surface area contributed by atoms with Gasteiger partial charge in [0.15, 0.2) is 18.5 Å². The van der Waals surface area contributed by atoms with E-state index in [0.717, 1.165) is 89.9 Å². The van der Waals surface area contributed by atoms with E-state index >= 15 is 0 Å². The van der Waals surface area contributed by atoms with Gasteiger partial charge in [0, 0.05) is 12.8 Å². The summed E-state index contributed by atoms with van der Waals surface area (Å²) in [4.78, 5) is 36.7. The number of esters is 2. The Morgan fingerprint density at radius 2 is 1.07 bits per heavy atom. The number of aliphatic carboxylic acids is 1. The fourth-order valence-electron chi connectivity index (χ4n) is 6.06. The summed E-state index contributed by atoms with van der Waals surface area (Å²) >= 11 is 0. The molecule has 0 amide bonds. The highest BCUT2D eigenvalue weighted by Crippen LogP contribution is 2.23. The van der Waals surface area contributed by atoms with Crippen LogP contribution in [0.2, 0.25) is 0 Å². The largest absolute Gasteiger partial charge is 0.479 e. The summed E-state index contributed by atoms with van der Waals surface area (Å²) in [6, 6.07) is 0. The van der Waals surface area contributed by atoms with Gasteiger partial charge in [-0.1, -0.05) is 127 Å². The van der Waals surface area contributed by atoms with Gasteiger partial charge >= 0.3 is 17.9 Å². The van der Waals surface area contributed by atoms with Crippen molar-refractivity contribution in [3.05, 3.63) is 48.6 Å². The number of unbranched alkanes of at least 4 members (excludes halogenated alkanes) is 15. The monoisotopic (exact) mass is 779 g/mol. The van der Waals surface area contributed by atoms with Crippen LogP contribution in [0.1, 0.15) is 162 Å². The molecule has 0 radical (unpaired) electrons. The number of carboxylic acid groups (broad SMARTS) is 1. The molecule has 1 aliphatic rings. The lowest BCUT2D eigenvalue weighted by atomic mass is 9.99. The third kappa shape index (κ3) is 26.6. The molecule has 0 aliphatic carbocycles. The molecule has 1 fully saturated rings. The minimum atomic E-state index is -1.86. The fourth-order valence-corrected chi connectivity index (χ4v) is 6.06. The molecule has 55 heavy (non-hydrogen) atoms. The van der Waals surface area contributed by atoms with E-state index in [-0.39, 0.29) is 19.4 Å². The van der Waals surface area contributed by atoms with Gasteiger partial charge < -0.3 is 39.4 Å². The Labute approximate surface area is 331 Å². The maximum atomic E-state index is 12.7. The van der Waals surface area contributed by atoms with Crippen LogP contribution in [0.4, 0.5) is 0 Å². The van der Waals surface area contributed by atoms with Crippen molar-refractivity contribution in [2.45, 2.75) is 198 Å². The molecular formula is C44H74O11. The van der Waals surface area contributed by atoms with Gasteiger partial charge in [0.1, 0.15) is 24.9 Å². The van der Waals surface area contributed by atoms with E-state index in [4.69, 9.17) is 18.9 Å². The zero-order valence-corrected chi connectivity index (χ0v) is 33.9. The minimum Gasteiger partial charge on any atom is -0.479 e. The number of aliphatic hydroxyl groups is 3. The first-order valence-electron chi connectivity index (χ1n) is 21.2. The van der Waals surface area contributed by atoms with Gasteiger partial charge in [-0.15, -0.1) is 0 Å². The van der Waals surface area contributed by atoms with E-state index in [2.05, 4.69) is 62.5 Å². The molecule has 6 unspecified atom stereocenters. The van der Waals surface area contributed by atoms with Gasteiger partial charge in [0.25, 0.3) is 0 Å². The second kappa shape index (κ2) is 34.4. The smallest absolute Gasteiger partial charge is 0.335 e. The normalized spacial score (nSPS) is 20.9. The Bertz CT molecular complexity index is 1100. The first-order chi connectivity index (χ1) is 26.7. The number of allylic oxidation sites excluding steroid dienone is 8. The Kier molecular flexibility index (Phi) is 31.4. The lowest BCUT2D eigenvalue weighted by Gasteiger charge is -2.38. The molecule has 1 rings (SSSR count). The summed E-state index contributed by atoms with van der Waals surface area (Å²) in [5.41, 5.74) is 0. The van der Waals surface area contributed by atoms with E-state index < -0.39 is 61.3 Å². The third-order valence-electron chi connectivity index (χ3n) is 9.41. The molecule has 0 bridgehead atoms. The third-order valence-corrected chi connectivity index (χ3v) is 9.41. The predicted octanol–water partition coefficient (Wildman–Crippen LogP) is 8.59. The van der Waals surface area contributed by atoms with E-state index in [1.165, 1.54) is 32.1 Å². The summed E-state index contributed by atoms with van der Waals surface area (Å²) < 4.78 is 21.7. The van der Waals surface area contributed by atoms with Crippen LogP contribution in [0, 0.1) is 0 Å². The highest BCUT2D eigenvalue weighted by molar-refractivity contribution is 5.73. The summed E-state index contributed by atoms with van der Waals surface area (Å²) in [5, 5.41) is 39.7. The van der Waals surface area contributed by atoms with Crippen molar-refractivity contribution in [1.82, 2.24) is 0 Å². The van der Waals surface area contributed by atoms with Crippen LogP contribution in [0.3, 0.4) is 0 Å². The van der Waals surface area contributed by atoms with Crippen LogP contribution in [0.15, 0.2) is 48.6 Å². The number of hydrogen-bond acceptors (Lipinski definition) is 10. The van der Waals surface area contributed by atoms with Gasteiger partial charge in [-0.2, -0.15) is 0 Å². The van der Waals surface area contributed by atoms with Crippen LogP contribution >= 0.6 is 0 Å². The molecule has 4 N–H and O–H groups in total. The molecule has 6 atom stereocenters. The van der Waals surface area contributed by atoms with E-state index in [1.54, 1.807) is 0 Å².